The van der Waals surface area contributed by atoms with Crippen LogP contribution in [-0.4, -0.2) is 15.0 Å². The summed E-state index contributed by atoms with van der Waals surface area (Å²) in [4.78, 5) is 22.9. The molecule has 94 valence electrons. The highest BCUT2D eigenvalue weighted by Gasteiger charge is 2.16. The maximum Gasteiger partial charge on any atom is 0.267 e. The molecule has 2 rings (SSSR count). The Hall–Kier alpha value is -1.68. The molecule has 0 aromatic carbocycles. The topological polar surface area (TPSA) is 58.6 Å². The first kappa shape index (κ1) is 12.8. The van der Waals surface area contributed by atoms with Gasteiger partial charge < -0.3 is 4.98 Å². The van der Waals surface area contributed by atoms with Crippen molar-refractivity contribution in [3.05, 3.63) is 45.2 Å². The second-order valence-corrected chi connectivity index (χ2v) is 4.28. The van der Waals surface area contributed by atoms with Crippen LogP contribution < -0.4 is 5.56 Å². The van der Waals surface area contributed by atoms with Gasteiger partial charge in [-0.1, -0.05) is 25.4 Å². The number of hydrogen-bond acceptors (Lipinski definition) is 3. The SMILES string of the molecule is CCc1[nH]c(=O)c(Cl)c(CC)c1-c1cnccn1. The molecule has 0 saturated heterocycles. The molecule has 2 aromatic rings. The van der Waals surface area contributed by atoms with E-state index in [0.29, 0.717) is 12.8 Å². The molecule has 0 saturated carbocycles. The zero-order chi connectivity index (χ0) is 13.1. The molecule has 18 heavy (non-hydrogen) atoms. The molecule has 0 aliphatic carbocycles. The quantitative estimate of drug-likeness (QED) is 0.926. The summed E-state index contributed by atoms with van der Waals surface area (Å²) in [5.74, 6) is 0. The smallest absolute Gasteiger partial charge is 0.267 e. The van der Waals surface area contributed by atoms with Gasteiger partial charge >= 0.3 is 0 Å². The van der Waals surface area contributed by atoms with Crippen molar-refractivity contribution in [1.29, 1.82) is 0 Å². The van der Waals surface area contributed by atoms with Gasteiger partial charge in [0.2, 0.25) is 0 Å². The van der Waals surface area contributed by atoms with Crippen molar-refractivity contribution in [2.75, 3.05) is 0 Å². The summed E-state index contributed by atoms with van der Waals surface area (Å²) < 4.78 is 0. The van der Waals surface area contributed by atoms with E-state index in [2.05, 4.69) is 15.0 Å². The van der Waals surface area contributed by atoms with Crippen LogP contribution in [0.5, 0.6) is 0 Å². The molecule has 0 bridgehead atoms. The summed E-state index contributed by atoms with van der Waals surface area (Å²) in [6.45, 7) is 3.96. The van der Waals surface area contributed by atoms with Crippen molar-refractivity contribution in [2.45, 2.75) is 26.7 Å². The van der Waals surface area contributed by atoms with Crippen molar-refractivity contribution in [3.63, 3.8) is 0 Å². The molecule has 0 aliphatic heterocycles. The van der Waals surface area contributed by atoms with Gasteiger partial charge in [0.05, 0.1) is 11.9 Å². The molecule has 2 heterocycles. The maximum absolute atomic E-state index is 11.7. The Labute approximate surface area is 110 Å². The van der Waals surface area contributed by atoms with Gasteiger partial charge in [-0.3, -0.25) is 14.8 Å². The van der Waals surface area contributed by atoms with Crippen molar-refractivity contribution in [3.8, 4) is 11.3 Å². The number of hydrogen-bond donors (Lipinski definition) is 1. The average Bonchev–Trinajstić information content (AvgIpc) is 2.42. The molecule has 1 N–H and O–H groups in total. The summed E-state index contributed by atoms with van der Waals surface area (Å²) in [5, 5.41) is 0.246. The number of H-pyrrole nitrogens is 1. The molecular weight excluding hydrogens is 250 g/mol. The summed E-state index contributed by atoms with van der Waals surface area (Å²) in [5.41, 5.74) is 3.08. The fraction of sp³-hybridized carbons (Fsp3) is 0.308. The van der Waals surface area contributed by atoms with E-state index in [1.165, 1.54) is 0 Å². The molecular formula is C13H14ClN3O. The number of aryl methyl sites for hydroxylation is 1. The third kappa shape index (κ3) is 2.16. The van der Waals surface area contributed by atoms with Crippen LogP contribution in [-0.2, 0) is 12.8 Å². The monoisotopic (exact) mass is 263 g/mol. The molecule has 5 heteroatoms. The largest absolute Gasteiger partial charge is 0.324 e. The van der Waals surface area contributed by atoms with E-state index in [1.54, 1.807) is 18.6 Å². The highest BCUT2D eigenvalue weighted by atomic mass is 35.5. The van der Waals surface area contributed by atoms with Gasteiger partial charge in [-0.2, -0.15) is 0 Å². The highest BCUT2D eigenvalue weighted by Crippen LogP contribution is 2.28. The van der Waals surface area contributed by atoms with Crippen molar-refractivity contribution < 1.29 is 0 Å². The molecule has 0 amide bonds. The van der Waals surface area contributed by atoms with Crippen LogP contribution in [0.25, 0.3) is 11.3 Å². The van der Waals surface area contributed by atoms with Gasteiger partial charge in [0.25, 0.3) is 5.56 Å². The number of pyridine rings is 1. The normalized spacial score (nSPS) is 10.6. The van der Waals surface area contributed by atoms with E-state index in [0.717, 1.165) is 22.5 Å². The number of nitrogens with zero attached hydrogens (tertiary/aromatic N) is 2. The van der Waals surface area contributed by atoms with Gasteiger partial charge in [-0.05, 0) is 18.4 Å². The minimum absolute atomic E-state index is 0.238. The zero-order valence-corrected chi connectivity index (χ0v) is 11.1. The first-order valence-corrected chi connectivity index (χ1v) is 6.26. The van der Waals surface area contributed by atoms with Gasteiger partial charge in [-0.25, -0.2) is 0 Å². The minimum Gasteiger partial charge on any atom is -0.324 e. The fourth-order valence-electron chi connectivity index (χ4n) is 2.02. The molecule has 0 aliphatic rings. The van der Waals surface area contributed by atoms with Crippen molar-refractivity contribution in [2.24, 2.45) is 0 Å². The third-order valence-electron chi connectivity index (χ3n) is 2.86. The van der Waals surface area contributed by atoms with Crippen LogP contribution in [0.1, 0.15) is 25.1 Å². The standard InChI is InChI=1S/C13H14ClN3O/c1-3-8-11(10-7-15-5-6-16-10)9(4-2)17-13(18)12(8)14/h5-7H,3-4H2,1-2H3,(H,17,18). The number of halogens is 1. The second kappa shape index (κ2) is 5.31. The van der Waals surface area contributed by atoms with E-state index in [4.69, 9.17) is 11.6 Å². The summed E-state index contributed by atoms with van der Waals surface area (Å²) >= 11 is 6.09. The number of rotatable bonds is 3. The Morgan fingerprint density at radius 3 is 2.61 bits per heavy atom. The van der Waals surface area contributed by atoms with Crippen LogP contribution in [0.4, 0.5) is 0 Å². The van der Waals surface area contributed by atoms with Gasteiger partial charge in [-0.15, -0.1) is 0 Å². The van der Waals surface area contributed by atoms with Crippen LogP contribution >= 0.6 is 11.6 Å². The number of aromatic nitrogens is 3. The predicted octanol–water partition coefficient (Wildman–Crippen LogP) is 2.61. The van der Waals surface area contributed by atoms with Crippen molar-refractivity contribution >= 4 is 11.6 Å². The number of aromatic amines is 1. The van der Waals surface area contributed by atoms with E-state index < -0.39 is 0 Å². The lowest BCUT2D eigenvalue weighted by molar-refractivity contribution is 0.981. The molecule has 0 spiro atoms. The van der Waals surface area contributed by atoms with Gasteiger partial charge in [0.1, 0.15) is 5.02 Å². The highest BCUT2D eigenvalue weighted by molar-refractivity contribution is 6.31. The Kier molecular flexibility index (Phi) is 3.77. The molecule has 0 unspecified atom stereocenters. The summed E-state index contributed by atoms with van der Waals surface area (Å²) in [6.07, 6.45) is 6.33. The maximum atomic E-state index is 11.7. The molecule has 2 aromatic heterocycles. The lowest BCUT2D eigenvalue weighted by atomic mass is 10.00. The Morgan fingerprint density at radius 2 is 2.06 bits per heavy atom. The minimum atomic E-state index is -0.238. The predicted molar refractivity (Wildman–Crippen MR) is 71.9 cm³/mol. The summed E-state index contributed by atoms with van der Waals surface area (Å²) in [7, 11) is 0. The van der Waals surface area contributed by atoms with E-state index >= 15 is 0 Å². The fourth-order valence-corrected chi connectivity index (χ4v) is 2.29. The first-order chi connectivity index (χ1) is 8.69. The van der Waals surface area contributed by atoms with Crippen LogP contribution in [0.3, 0.4) is 0 Å². The lowest BCUT2D eigenvalue weighted by Gasteiger charge is -2.13. The van der Waals surface area contributed by atoms with Crippen molar-refractivity contribution in [1.82, 2.24) is 15.0 Å². The van der Waals surface area contributed by atoms with Crippen LogP contribution in [0.15, 0.2) is 23.4 Å². The molecule has 0 atom stereocenters. The molecule has 0 fully saturated rings. The lowest BCUT2D eigenvalue weighted by Crippen LogP contribution is -2.14. The average molecular weight is 264 g/mol. The van der Waals surface area contributed by atoms with E-state index in [9.17, 15) is 4.79 Å². The Balaban J connectivity index is 2.79. The number of nitrogens with one attached hydrogen (secondary N) is 1. The van der Waals surface area contributed by atoms with E-state index in [-0.39, 0.29) is 10.6 Å². The van der Waals surface area contributed by atoms with Crippen LogP contribution in [0, 0.1) is 0 Å². The first-order valence-electron chi connectivity index (χ1n) is 5.88. The second-order valence-electron chi connectivity index (χ2n) is 3.90. The summed E-state index contributed by atoms with van der Waals surface area (Å²) in [6, 6.07) is 0. The van der Waals surface area contributed by atoms with Crippen LogP contribution in [0.2, 0.25) is 5.02 Å². The van der Waals surface area contributed by atoms with Gasteiger partial charge in [0, 0.05) is 23.7 Å². The van der Waals surface area contributed by atoms with Gasteiger partial charge in [0.15, 0.2) is 0 Å². The zero-order valence-electron chi connectivity index (χ0n) is 10.3. The Morgan fingerprint density at radius 1 is 1.28 bits per heavy atom. The Bertz CT molecular complexity index is 608. The molecule has 0 radical (unpaired) electrons. The van der Waals surface area contributed by atoms with E-state index in [1.807, 2.05) is 13.8 Å². The molecule has 4 nitrogen and oxygen atoms in total. The third-order valence-corrected chi connectivity index (χ3v) is 3.26.